The van der Waals surface area contributed by atoms with Crippen LogP contribution in [0.3, 0.4) is 0 Å². The Bertz CT molecular complexity index is 397. The van der Waals surface area contributed by atoms with Crippen LogP contribution in [0.4, 0.5) is 0 Å². The van der Waals surface area contributed by atoms with Crippen molar-refractivity contribution in [1.29, 1.82) is 0 Å². The average Bonchev–Trinajstić information content (AvgIpc) is 3.00. The largest absolute Gasteiger partial charge is 0.491 e. The molecular formula is C19H33NO4. The fraction of sp³-hybridized carbons (Fsp3) is 0.842. The van der Waals surface area contributed by atoms with Gasteiger partial charge < -0.3 is 19.1 Å². The number of nitrogens with zero attached hydrogens (tertiary/aromatic N) is 1. The van der Waals surface area contributed by atoms with E-state index < -0.39 is 0 Å². The molecule has 0 amide bonds. The standard InChI is InChI=1S/C19H33NO4/c1-2-3-4-5-6-7-8-9-10-19(21)24-12-11-20-15-17-18(16-20)23-14-13-22-17/h15,18H,2-14,16H2,1H3. The second-order valence-electron chi connectivity index (χ2n) is 6.68. The number of esters is 1. The van der Waals surface area contributed by atoms with E-state index in [0.717, 1.165) is 25.1 Å². The molecule has 0 aliphatic carbocycles. The van der Waals surface area contributed by atoms with Gasteiger partial charge in [0, 0.05) is 12.6 Å². The molecule has 2 heterocycles. The molecule has 1 saturated heterocycles. The highest BCUT2D eigenvalue weighted by molar-refractivity contribution is 5.69. The molecule has 0 spiro atoms. The van der Waals surface area contributed by atoms with Crippen LogP contribution >= 0.6 is 0 Å². The van der Waals surface area contributed by atoms with E-state index in [0.29, 0.717) is 32.8 Å². The lowest BCUT2D eigenvalue weighted by Gasteiger charge is -2.22. The van der Waals surface area contributed by atoms with Crippen LogP contribution in [0.25, 0.3) is 0 Å². The van der Waals surface area contributed by atoms with E-state index in [-0.39, 0.29) is 12.1 Å². The van der Waals surface area contributed by atoms with E-state index >= 15 is 0 Å². The van der Waals surface area contributed by atoms with Crippen molar-refractivity contribution < 1.29 is 19.0 Å². The molecular weight excluding hydrogens is 306 g/mol. The van der Waals surface area contributed by atoms with Crippen molar-refractivity contribution >= 4 is 5.97 Å². The lowest BCUT2D eigenvalue weighted by molar-refractivity contribution is -0.144. The van der Waals surface area contributed by atoms with Crippen molar-refractivity contribution in [2.75, 3.05) is 32.9 Å². The molecule has 1 fully saturated rings. The maximum absolute atomic E-state index is 11.7. The Hall–Kier alpha value is -1.23. The SMILES string of the molecule is CCCCCCCCCCC(=O)OCCN1C=C2OCCOC2C1. The smallest absolute Gasteiger partial charge is 0.305 e. The van der Waals surface area contributed by atoms with Crippen molar-refractivity contribution in [3.05, 3.63) is 12.0 Å². The zero-order chi connectivity index (χ0) is 17.0. The molecule has 2 aliphatic rings. The number of rotatable bonds is 12. The molecule has 2 aliphatic heterocycles. The molecule has 1 atom stereocenters. The summed E-state index contributed by atoms with van der Waals surface area (Å²) in [6.07, 6.45) is 12.5. The van der Waals surface area contributed by atoms with Gasteiger partial charge in [0.15, 0.2) is 0 Å². The number of carbonyl (C=O) groups is 1. The molecule has 0 radical (unpaired) electrons. The maximum atomic E-state index is 11.7. The summed E-state index contributed by atoms with van der Waals surface area (Å²) in [6, 6.07) is 0. The Balaban J connectivity index is 1.42. The quantitative estimate of drug-likeness (QED) is 0.401. The number of carbonyl (C=O) groups excluding carboxylic acids is 1. The topological polar surface area (TPSA) is 48.0 Å². The first-order valence-corrected chi connectivity index (χ1v) is 9.65. The molecule has 0 saturated carbocycles. The molecule has 0 N–H and O–H groups in total. The molecule has 0 aromatic rings. The summed E-state index contributed by atoms with van der Waals surface area (Å²) in [5.74, 6) is 0.837. The second kappa shape index (κ2) is 11.3. The molecule has 24 heavy (non-hydrogen) atoms. The fourth-order valence-electron chi connectivity index (χ4n) is 3.14. The Morgan fingerprint density at radius 1 is 1.17 bits per heavy atom. The van der Waals surface area contributed by atoms with Crippen LogP contribution in [0.15, 0.2) is 12.0 Å². The Kier molecular flexibility index (Phi) is 9.03. The first-order valence-electron chi connectivity index (χ1n) is 9.65. The van der Waals surface area contributed by atoms with E-state index in [1.165, 1.54) is 38.5 Å². The first-order chi connectivity index (χ1) is 11.8. The highest BCUT2D eigenvalue weighted by Crippen LogP contribution is 2.22. The van der Waals surface area contributed by atoms with Crippen LogP contribution < -0.4 is 0 Å². The Labute approximate surface area is 146 Å². The van der Waals surface area contributed by atoms with Crippen LogP contribution in [-0.2, 0) is 19.0 Å². The molecule has 1 unspecified atom stereocenters. The van der Waals surface area contributed by atoms with Gasteiger partial charge in [0.25, 0.3) is 0 Å². The number of ether oxygens (including phenoxy) is 3. The van der Waals surface area contributed by atoms with Crippen LogP contribution in [0, 0.1) is 0 Å². The van der Waals surface area contributed by atoms with Crippen molar-refractivity contribution in [2.45, 2.75) is 70.8 Å². The molecule has 2 rings (SSSR count). The summed E-state index contributed by atoms with van der Waals surface area (Å²) >= 11 is 0. The molecule has 5 heteroatoms. The highest BCUT2D eigenvalue weighted by atomic mass is 16.6. The minimum atomic E-state index is -0.0715. The van der Waals surface area contributed by atoms with Crippen molar-refractivity contribution in [1.82, 2.24) is 4.90 Å². The van der Waals surface area contributed by atoms with E-state index in [1.54, 1.807) is 0 Å². The Morgan fingerprint density at radius 3 is 2.67 bits per heavy atom. The second-order valence-corrected chi connectivity index (χ2v) is 6.68. The van der Waals surface area contributed by atoms with E-state index in [9.17, 15) is 4.79 Å². The van der Waals surface area contributed by atoms with Gasteiger partial charge in [-0.05, 0) is 6.42 Å². The number of hydrogen-bond donors (Lipinski definition) is 0. The van der Waals surface area contributed by atoms with Gasteiger partial charge in [-0.25, -0.2) is 0 Å². The van der Waals surface area contributed by atoms with E-state index in [2.05, 4.69) is 11.8 Å². The fourth-order valence-corrected chi connectivity index (χ4v) is 3.14. The van der Waals surface area contributed by atoms with Crippen molar-refractivity contribution in [3.8, 4) is 0 Å². The van der Waals surface area contributed by atoms with Crippen LogP contribution in [0.2, 0.25) is 0 Å². The Morgan fingerprint density at radius 2 is 1.92 bits per heavy atom. The summed E-state index contributed by atoms with van der Waals surface area (Å²) < 4.78 is 16.5. The zero-order valence-corrected chi connectivity index (χ0v) is 15.1. The third kappa shape index (κ3) is 7.12. The summed E-state index contributed by atoms with van der Waals surface area (Å²) in [5.41, 5.74) is 0. The molecule has 0 aromatic carbocycles. The van der Waals surface area contributed by atoms with Gasteiger partial charge in [-0.15, -0.1) is 0 Å². The number of fused-ring (bicyclic) bond motifs is 1. The van der Waals surface area contributed by atoms with Crippen molar-refractivity contribution in [2.24, 2.45) is 0 Å². The van der Waals surface area contributed by atoms with Gasteiger partial charge in [0.05, 0.1) is 19.7 Å². The van der Waals surface area contributed by atoms with E-state index in [1.807, 2.05) is 6.20 Å². The lowest BCUT2D eigenvalue weighted by atomic mass is 10.1. The first kappa shape index (κ1) is 19.1. The number of unbranched alkanes of at least 4 members (excludes halogenated alkanes) is 7. The predicted molar refractivity (Wildman–Crippen MR) is 93.5 cm³/mol. The minimum Gasteiger partial charge on any atom is -0.491 e. The van der Waals surface area contributed by atoms with Crippen molar-refractivity contribution in [3.63, 3.8) is 0 Å². The summed E-state index contributed by atoms with van der Waals surface area (Å²) in [7, 11) is 0. The molecule has 0 aromatic heterocycles. The highest BCUT2D eigenvalue weighted by Gasteiger charge is 2.29. The maximum Gasteiger partial charge on any atom is 0.305 e. The van der Waals surface area contributed by atoms with Gasteiger partial charge in [-0.2, -0.15) is 0 Å². The van der Waals surface area contributed by atoms with E-state index in [4.69, 9.17) is 14.2 Å². The number of hydrogen-bond acceptors (Lipinski definition) is 5. The van der Waals surface area contributed by atoms with Crippen LogP contribution in [0.1, 0.15) is 64.7 Å². The minimum absolute atomic E-state index is 0.0618. The summed E-state index contributed by atoms with van der Waals surface area (Å²) in [4.78, 5) is 13.8. The normalized spacial score (nSPS) is 19.6. The molecule has 138 valence electrons. The van der Waals surface area contributed by atoms with Gasteiger partial charge in [0.2, 0.25) is 0 Å². The average molecular weight is 339 g/mol. The van der Waals surface area contributed by atoms with Gasteiger partial charge in [0.1, 0.15) is 25.1 Å². The molecule has 0 bridgehead atoms. The third-order valence-electron chi connectivity index (χ3n) is 4.57. The van der Waals surface area contributed by atoms with Crippen LogP contribution in [-0.4, -0.2) is 49.9 Å². The van der Waals surface area contributed by atoms with Crippen LogP contribution in [0.5, 0.6) is 0 Å². The summed E-state index contributed by atoms with van der Waals surface area (Å²) in [6.45, 7) is 5.46. The molecule has 5 nitrogen and oxygen atoms in total. The summed E-state index contributed by atoms with van der Waals surface area (Å²) in [5, 5.41) is 0. The zero-order valence-electron chi connectivity index (χ0n) is 15.1. The van der Waals surface area contributed by atoms with Gasteiger partial charge in [-0.1, -0.05) is 51.9 Å². The van der Waals surface area contributed by atoms with Gasteiger partial charge in [-0.3, -0.25) is 4.79 Å². The monoisotopic (exact) mass is 339 g/mol. The predicted octanol–water partition coefficient (Wildman–Crippen LogP) is 3.63. The third-order valence-corrected chi connectivity index (χ3v) is 4.57. The van der Waals surface area contributed by atoms with Gasteiger partial charge >= 0.3 is 5.97 Å². The lowest BCUT2D eigenvalue weighted by Crippen LogP contribution is -2.31.